The molecule has 2 saturated heterocycles. The average molecular weight is 548 g/mol. The number of ether oxygens (including phenoxy) is 2. The van der Waals surface area contributed by atoms with Gasteiger partial charge in [0.2, 0.25) is 5.91 Å². The Balaban J connectivity index is 1.17. The Morgan fingerprint density at radius 3 is 2.13 bits per heavy atom. The number of piperidine rings is 2. The third-order valence-corrected chi connectivity index (χ3v) is 7.79. The number of likely N-dealkylation sites (tertiary alicyclic amines) is 2. The number of hydrogen-bond donors (Lipinski definition) is 1. The third-order valence-electron chi connectivity index (χ3n) is 7.79. The summed E-state index contributed by atoms with van der Waals surface area (Å²) in [6, 6.07) is 10.5. The Morgan fingerprint density at radius 1 is 0.897 bits per heavy atom. The zero-order valence-corrected chi connectivity index (χ0v) is 22.4. The predicted octanol–water partition coefficient (Wildman–Crippen LogP) is 4.40. The van der Waals surface area contributed by atoms with Gasteiger partial charge in [0.25, 0.3) is 5.91 Å². The van der Waals surface area contributed by atoms with Crippen LogP contribution >= 0.6 is 0 Å². The fraction of sp³-hybridized carbons (Fsp3) is 0.517. The van der Waals surface area contributed by atoms with Gasteiger partial charge in [-0.2, -0.15) is 13.2 Å². The second-order valence-electron chi connectivity index (χ2n) is 10.1. The number of amides is 2. The van der Waals surface area contributed by atoms with Crippen LogP contribution in [0, 0.1) is 5.92 Å². The number of carbonyl (C=O) groups is 2. The number of alkyl halides is 3. The Morgan fingerprint density at radius 2 is 1.54 bits per heavy atom. The molecule has 0 saturated carbocycles. The molecule has 2 aliphatic rings. The molecule has 2 aromatic rings. The van der Waals surface area contributed by atoms with Gasteiger partial charge in [-0.1, -0.05) is 6.07 Å². The molecule has 2 aromatic carbocycles. The van der Waals surface area contributed by atoms with Crippen LogP contribution in [0.15, 0.2) is 42.5 Å². The summed E-state index contributed by atoms with van der Waals surface area (Å²) < 4.78 is 49.0. The maximum atomic E-state index is 12.8. The molecule has 0 radical (unpaired) electrons. The van der Waals surface area contributed by atoms with Crippen LogP contribution in [0.4, 0.5) is 13.2 Å². The molecule has 0 aliphatic carbocycles. The van der Waals surface area contributed by atoms with Crippen molar-refractivity contribution >= 4 is 11.8 Å². The van der Waals surface area contributed by atoms with Crippen molar-refractivity contribution < 1.29 is 32.2 Å². The molecule has 2 aliphatic heterocycles. The van der Waals surface area contributed by atoms with Gasteiger partial charge >= 0.3 is 6.18 Å². The van der Waals surface area contributed by atoms with Crippen molar-refractivity contribution in [1.29, 1.82) is 0 Å². The minimum atomic E-state index is -4.42. The summed E-state index contributed by atoms with van der Waals surface area (Å²) in [5, 5.41) is 3.07. The summed E-state index contributed by atoms with van der Waals surface area (Å²) in [5.74, 6) is 1.20. The number of hydrogen-bond acceptors (Lipinski definition) is 5. The van der Waals surface area contributed by atoms with Crippen molar-refractivity contribution in [2.24, 2.45) is 5.92 Å². The maximum absolute atomic E-state index is 12.8. The molecule has 2 fully saturated rings. The monoisotopic (exact) mass is 547 g/mol. The van der Waals surface area contributed by atoms with Crippen LogP contribution < -0.4 is 14.8 Å². The molecule has 1 N–H and O–H groups in total. The Kier molecular flexibility index (Phi) is 9.37. The lowest BCUT2D eigenvalue weighted by molar-refractivity contribution is -0.137. The molecule has 2 amide bonds. The molecule has 0 unspecified atom stereocenters. The van der Waals surface area contributed by atoms with Gasteiger partial charge in [0.05, 0.1) is 19.8 Å². The number of nitrogens with one attached hydrogen (secondary N) is 1. The molecule has 0 aromatic heterocycles. The van der Waals surface area contributed by atoms with Crippen LogP contribution in [0.5, 0.6) is 11.5 Å². The van der Waals surface area contributed by atoms with Gasteiger partial charge in [0, 0.05) is 37.2 Å². The second-order valence-corrected chi connectivity index (χ2v) is 10.1. The molecule has 2 heterocycles. The minimum absolute atomic E-state index is 0.00649. The van der Waals surface area contributed by atoms with Crippen LogP contribution in [0.25, 0.3) is 0 Å². The number of nitrogens with zero attached hydrogens (tertiary/aromatic N) is 2. The fourth-order valence-corrected chi connectivity index (χ4v) is 5.46. The first-order chi connectivity index (χ1) is 18.7. The number of methoxy groups -OCH3 is 2. The lowest BCUT2D eigenvalue weighted by Crippen LogP contribution is -2.50. The zero-order chi connectivity index (χ0) is 28.0. The molecule has 212 valence electrons. The third kappa shape index (κ3) is 7.23. The SMILES string of the molecule is COc1ccc(CCNC(=O)C2CCN(C3CCN(C(=O)c4ccc(C(F)(F)F)cc4)CC3)CC2)cc1OC. The van der Waals surface area contributed by atoms with Gasteiger partial charge in [-0.05, 0) is 87.2 Å². The summed E-state index contributed by atoms with van der Waals surface area (Å²) in [5.41, 5.74) is 0.582. The predicted molar refractivity (Wildman–Crippen MR) is 141 cm³/mol. The van der Waals surface area contributed by atoms with Crippen molar-refractivity contribution in [1.82, 2.24) is 15.1 Å². The smallest absolute Gasteiger partial charge is 0.416 e. The van der Waals surface area contributed by atoms with Crippen LogP contribution in [0.2, 0.25) is 0 Å². The van der Waals surface area contributed by atoms with Crippen molar-refractivity contribution in [2.45, 2.75) is 44.3 Å². The minimum Gasteiger partial charge on any atom is -0.493 e. The highest BCUT2D eigenvalue weighted by atomic mass is 19.4. The van der Waals surface area contributed by atoms with Gasteiger partial charge < -0.3 is 24.6 Å². The maximum Gasteiger partial charge on any atom is 0.416 e. The first-order valence-corrected chi connectivity index (χ1v) is 13.4. The van der Waals surface area contributed by atoms with Gasteiger partial charge in [-0.3, -0.25) is 9.59 Å². The largest absolute Gasteiger partial charge is 0.493 e. The first kappa shape index (κ1) is 28.7. The molecular formula is C29H36F3N3O4. The molecule has 10 heteroatoms. The Hall–Kier alpha value is -3.27. The normalized spacial score (nSPS) is 17.6. The van der Waals surface area contributed by atoms with Crippen LogP contribution in [-0.2, 0) is 17.4 Å². The fourth-order valence-electron chi connectivity index (χ4n) is 5.46. The molecule has 0 spiro atoms. The van der Waals surface area contributed by atoms with E-state index < -0.39 is 11.7 Å². The molecule has 4 rings (SSSR count). The van der Waals surface area contributed by atoms with E-state index in [0.29, 0.717) is 43.6 Å². The van der Waals surface area contributed by atoms with Crippen LogP contribution in [0.1, 0.15) is 47.2 Å². The number of benzene rings is 2. The molecule has 39 heavy (non-hydrogen) atoms. The highest BCUT2D eigenvalue weighted by Crippen LogP contribution is 2.30. The van der Waals surface area contributed by atoms with E-state index in [-0.39, 0.29) is 23.3 Å². The van der Waals surface area contributed by atoms with Crippen LogP contribution in [-0.4, -0.2) is 74.6 Å². The van der Waals surface area contributed by atoms with E-state index in [1.165, 1.54) is 12.1 Å². The van der Waals surface area contributed by atoms with Crippen LogP contribution in [0.3, 0.4) is 0 Å². The van der Waals surface area contributed by atoms with E-state index in [4.69, 9.17) is 9.47 Å². The summed E-state index contributed by atoms with van der Waals surface area (Å²) in [6.45, 7) is 3.37. The highest BCUT2D eigenvalue weighted by Gasteiger charge is 2.33. The van der Waals surface area contributed by atoms with Gasteiger partial charge in [0.1, 0.15) is 0 Å². The number of halogens is 3. The zero-order valence-electron chi connectivity index (χ0n) is 22.4. The van der Waals surface area contributed by atoms with Gasteiger partial charge in [-0.25, -0.2) is 0 Å². The summed E-state index contributed by atoms with van der Waals surface area (Å²) in [7, 11) is 3.20. The number of carbonyl (C=O) groups excluding carboxylic acids is 2. The van der Waals surface area contributed by atoms with E-state index in [1.54, 1.807) is 19.1 Å². The number of rotatable bonds is 8. The highest BCUT2D eigenvalue weighted by molar-refractivity contribution is 5.94. The van der Waals surface area contributed by atoms with Crippen molar-refractivity contribution in [3.63, 3.8) is 0 Å². The second kappa shape index (κ2) is 12.7. The van der Waals surface area contributed by atoms with Crippen molar-refractivity contribution in [3.05, 3.63) is 59.2 Å². The van der Waals surface area contributed by atoms with E-state index in [2.05, 4.69) is 10.2 Å². The summed E-state index contributed by atoms with van der Waals surface area (Å²) in [6.07, 6.45) is -0.489. The van der Waals surface area contributed by atoms with Gasteiger partial charge in [-0.15, -0.1) is 0 Å². The first-order valence-electron chi connectivity index (χ1n) is 13.4. The molecule has 0 atom stereocenters. The Bertz CT molecular complexity index is 1120. The molecule has 7 nitrogen and oxygen atoms in total. The average Bonchev–Trinajstić information content (AvgIpc) is 2.96. The van der Waals surface area contributed by atoms with Crippen molar-refractivity contribution in [2.75, 3.05) is 46.9 Å². The Labute approximate surface area is 227 Å². The van der Waals surface area contributed by atoms with E-state index >= 15 is 0 Å². The van der Waals surface area contributed by atoms with E-state index in [0.717, 1.165) is 56.5 Å². The lowest BCUT2D eigenvalue weighted by atomic mass is 9.92. The summed E-state index contributed by atoms with van der Waals surface area (Å²) in [4.78, 5) is 29.6. The van der Waals surface area contributed by atoms with Gasteiger partial charge in [0.15, 0.2) is 11.5 Å². The quantitative estimate of drug-likeness (QED) is 0.531. The standard InChI is InChI=1S/C29H36F3N3O4/c1-38-25-8-3-20(19-26(25)39-2)9-14-33-27(36)21-10-15-34(16-11-21)24-12-17-35(18-13-24)28(37)22-4-6-23(7-5-22)29(30,31)32/h3-8,19,21,24H,9-18H2,1-2H3,(H,33,36). The molecular weight excluding hydrogens is 511 g/mol. The lowest BCUT2D eigenvalue weighted by Gasteiger charge is -2.41. The topological polar surface area (TPSA) is 71.1 Å². The van der Waals surface area contributed by atoms with E-state index in [1.807, 2.05) is 18.2 Å². The molecule has 0 bridgehead atoms. The van der Waals surface area contributed by atoms with Crippen molar-refractivity contribution in [3.8, 4) is 11.5 Å². The van der Waals surface area contributed by atoms with E-state index in [9.17, 15) is 22.8 Å². The summed E-state index contributed by atoms with van der Waals surface area (Å²) >= 11 is 0.